The maximum Gasteiger partial charge on any atom is 0.0957 e. The summed E-state index contributed by atoms with van der Waals surface area (Å²) in [6, 6.07) is 10.7. The van der Waals surface area contributed by atoms with E-state index in [1.165, 1.54) is 29.8 Å². The van der Waals surface area contributed by atoms with E-state index < -0.39 is 0 Å². The average Bonchev–Trinajstić information content (AvgIpc) is 2.85. The molecule has 1 unspecified atom stereocenters. The number of hydrogen-bond acceptors (Lipinski definition) is 2. The number of nitrogens with zero attached hydrogens (tertiary/aromatic N) is 2. The molecule has 1 heterocycles. The van der Waals surface area contributed by atoms with Crippen LogP contribution in [-0.2, 0) is 12.8 Å². The zero-order valence-electron chi connectivity index (χ0n) is 10.5. The largest absolute Gasteiger partial charge is 0.328 e. The van der Waals surface area contributed by atoms with Crippen molar-refractivity contribution in [2.75, 3.05) is 6.54 Å². The Morgan fingerprint density at radius 2 is 1.94 bits per heavy atom. The van der Waals surface area contributed by atoms with Gasteiger partial charge in [-0.1, -0.05) is 30.3 Å². The SMILES string of the molecule is NCC(c1ccccc1)n1cnc2c1CCCC2. The molecular weight excluding hydrogens is 222 g/mol. The zero-order valence-corrected chi connectivity index (χ0v) is 10.5. The van der Waals surface area contributed by atoms with Crippen molar-refractivity contribution in [1.82, 2.24) is 9.55 Å². The quantitative estimate of drug-likeness (QED) is 0.896. The van der Waals surface area contributed by atoms with E-state index in [2.05, 4.69) is 33.8 Å². The summed E-state index contributed by atoms with van der Waals surface area (Å²) in [5, 5.41) is 0. The van der Waals surface area contributed by atoms with Gasteiger partial charge in [-0.3, -0.25) is 0 Å². The average molecular weight is 241 g/mol. The molecule has 3 nitrogen and oxygen atoms in total. The normalized spacial score (nSPS) is 16.3. The molecule has 0 spiro atoms. The molecule has 0 radical (unpaired) electrons. The molecule has 2 aromatic rings. The second-order valence-corrected chi connectivity index (χ2v) is 4.91. The standard InChI is InChI=1S/C15H19N3/c16-10-15(12-6-2-1-3-7-12)18-11-17-13-8-4-5-9-14(13)18/h1-3,6-7,11,15H,4-5,8-10,16H2. The predicted molar refractivity (Wildman–Crippen MR) is 72.5 cm³/mol. The van der Waals surface area contributed by atoms with Crippen LogP contribution in [0, 0.1) is 0 Å². The first-order valence-corrected chi connectivity index (χ1v) is 6.69. The van der Waals surface area contributed by atoms with Gasteiger partial charge in [0.25, 0.3) is 0 Å². The second kappa shape index (κ2) is 4.94. The molecule has 18 heavy (non-hydrogen) atoms. The van der Waals surface area contributed by atoms with Gasteiger partial charge in [-0.25, -0.2) is 4.98 Å². The Kier molecular flexibility index (Phi) is 3.15. The fourth-order valence-electron chi connectivity index (χ4n) is 2.85. The van der Waals surface area contributed by atoms with Gasteiger partial charge in [0, 0.05) is 12.2 Å². The molecule has 0 bridgehead atoms. The molecule has 1 aromatic heterocycles. The number of imidazole rings is 1. The lowest BCUT2D eigenvalue weighted by Crippen LogP contribution is -2.22. The molecule has 1 aliphatic rings. The number of hydrogen-bond donors (Lipinski definition) is 1. The maximum atomic E-state index is 5.98. The van der Waals surface area contributed by atoms with Gasteiger partial charge in [0.2, 0.25) is 0 Å². The topological polar surface area (TPSA) is 43.8 Å². The van der Waals surface area contributed by atoms with Crippen LogP contribution >= 0.6 is 0 Å². The Hall–Kier alpha value is -1.61. The van der Waals surface area contributed by atoms with Crippen molar-refractivity contribution in [2.45, 2.75) is 31.7 Å². The molecule has 0 saturated heterocycles. The van der Waals surface area contributed by atoms with E-state index >= 15 is 0 Å². The molecule has 3 heteroatoms. The maximum absolute atomic E-state index is 5.98. The third-order valence-corrected chi connectivity index (χ3v) is 3.80. The van der Waals surface area contributed by atoms with E-state index in [0.29, 0.717) is 6.54 Å². The van der Waals surface area contributed by atoms with Crippen LogP contribution in [0.25, 0.3) is 0 Å². The number of benzene rings is 1. The summed E-state index contributed by atoms with van der Waals surface area (Å²) >= 11 is 0. The fraction of sp³-hybridized carbons (Fsp3) is 0.400. The van der Waals surface area contributed by atoms with E-state index in [4.69, 9.17) is 5.73 Å². The van der Waals surface area contributed by atoms with E-state index in [1.807, 2.05) is 12.4 Å². The Morgan fingerprint density at radius 1 is 1.17 bits per heavy atom. The van der Waals surface area contributed by atoms with Crippen molar-refractivity contribution < 1.29 is 0 Å². The highest BCUT2D eigenvalue weighted by Gasteiger charge is 2.20. The highest BCUT2D eigenvalue weighted by molar-refractivity contribution is 5.25. The molecule has 1 atom stereocenters. The van der Waals surface area contributed by atoms with Crippen LogP contribution in [0.1, 0.15) is 35.8 Å². The Balaban J connectivity index is 2.00. The van der Waals surface area contributed by atoms with Crippen LogP contribution in [0.3, 0.4) is 0 Å². The number of rotatable bonds is 3. The van der Waals surface area contributed by atoms with Gasteiger partial charge >= 0.3 is 0 Å². The number of aryl methyl sites for hydroxylation is 1. The predicted octanol–water partition coefficient (Wildman–Crippen LogP) is 2.31. The minimum Gasteiger partial charge on any atom is -0.328 e. The molecule has 1 aromatic carbocycles. The molecule has 0 amide bonds. The molecular formula is C15H19N3. The lowest BCUT2D eigenvalue weighted by atomic mass is 9.99. The molecule has 94 valence electrons. The summed E-state index contributed by atoms with van der Waals surface area (Å²) in [7, 11) is 0. The molecule has 0 saturated carbocycles. The van der Waals surface area contributed by atoms with E-state index in [-0.39, 0.29) is 6.04 Å². The molecule has 3 rings (SSSR count). The Bertz CT molecular complexity index is 516. The first-order chi connectivity index (χ1) is 8.90. The van der Waals surface area contributed by atoms with E-state index in [0.717, 1.165) is 12.8 Å². The van der Waals surface area contributed by atoms with Gasteiger partial charge in [-0.05, 0) is 31.2 Å². The van der Waals surface area contributed by atoms with Crippen molar-refractivity contribution in [3.05, 3.63) is 53.6 Å². The highest BCUT2D eigenvalue weighted by Crippen LogP contribution is 2.25. The second-order valence-electron chi connectivity index (χ2n) is 4.91. The molecule has 1 aliphatic carbocycles. The van der Waals surface area contributed by atoms with Gasteiger partial charge in [-0.2, -0.15) is 0 Å². The van der Waals surface area contributed by atoms with Crippen molar-refractivity contribution >= 4 is 0 Å². The number of nitrogens with two attached hydrogens (primary N) is 1. The molecule has 2 N–H and O–H groups in total. The van der Waals surface area contributed by atoms with Crippen molar-refractivity contribution in [1.29, 1.82) is 0 Å². The summed E-state index contributed by atoms with van der Waals surface area (Å²) in [5.41, 5.74) is 9.91. The highest BCUT2D eigenvalue weighted by atomic mass is 15.1. The summed E-state index contributed by atoms with van der Waals surface area (Å²) in [5.74, 6) is 0. The van der Waals surface area contributed by atoms with Crippen LogP contribution < -0.4 is 5.73 Å². The van der Waals surface area contributed by atoms with Gasteiger partial charge in [0.15, 0.2) is 0 Å². The Morgan fingerprint density at radius 3 is 2.72 bits per heavy atom. The third-order valence-electron chi connectivity index (χ3n) is 3.80. The minimum absolute atomic E-state index is 0.223. The third kappa shape index (κ3) is 1.95. The van der Waals surface area contributed by atoms with Gasteiger partial charge in [0.1, 0.15) is 0 Å². The monoisotopic (exact) mass is 241 g/mol. The smallest absolute Gasteiger partial charge is 0.0957 e. The summed E-state index contributed by atoms with van der Waals surface area (Å²) in [6.45, 7) is 0.618. The number of aromatic nitrogens is 2. The lowest BCUT2D eigenvalue weighted by molar-refractivity contribution is 0.547. The molecule has 0 fully saturated rings. The van der Waals surface area contributed by atoms with Crippen molar-refractivity contribution in [3.63, 3.8) is 0 Å². The van der Waals surface area contributed by atoms with Crippen molar-refractivity contribution in [3.8, 4) is 0 Å². The first-order valence-electron chi connectivity index (χ1n) is 6.69. The number of fused-ring (bicyclic) bond motifs is 1. The van der Waals surface area contributed by atoms with Crippen molar-refractivity contribution in [2.24, 2.45) is 5.73 Å². The van der Waals surface area contributed by atoms with Crippen LogP contribution in [0.2, 0.25) is 0 Å². The van der Waals surface area contributed by atoms with Crippen LogP contribution in [0.15, 0.2) is 36.7 Å². The zero-order chi connectivity index (χ0) is 12.4. The summed E-state index contributed by atoms with van der Waals surface area (Å²) < 4.78 is 2.28. The van der Waals surface area contributed by atoms with E-state index in [9.17, 15) is 0 Å². The van der Waals surface area contributed by atoms with Crippen LogP contribution in [0.4, 0.5) is 0 Å². The summed E-state index contributed by atoms with van der Waals surface area (Å²) in [4.78, 5) is 4.56. The Labute approximate surface area is 108 Å². The van der Waals surface area contributed by atoms with Crippen LogP contribution in [0.5, 0.6) is 0 Å². The van der Waals surface area contributed by atoms with Gasteiger partial charge < -0.3 is 10.3 Å². The van der Waals surface area contributed by atoms with Gasteiger partial charge in [-0.15, -0.1) is 0 Å². The minimum atomic E-state index is 0.223. The molecule has 0 aliphatic heterocycles. The van der Waals surface area contributed by atoms with Crippen LogP contribution in [-0.4, -0.2) is 16.1 Å². The summed E-state index contributed by atoms with van der Waals surface area (Å²) in [6.07, 6.45) is 6.76. The fourth-order valence-corrected chi connectivity index (χ4v) is 2.85. The first kappa shape index (κ1) is 11.5. The van der Waals surface area contributed by atoms with Gasteiger partial charge in [0.05, 0.1) is 18.1 Å². The lowest BCUT2D eigenvalue weighted by Gasteiger charge is -2.22. The van der Waals surface area contributed by atoms with E-state index in [1.54, 1.807) is 0 Å².